The third kappa shape index (κ3) is 8.01. The molecule has 1 fully saturated rings. The van der Waals surface area contributed by atoms with E-state index in [2.05, 4.69) is 38.2 Å². The van der Waals surface area contributed by atoms with Gasteiger partial charge >= 0.3 is 18.0 Å². The third-order valence-electron chi connectivity index (χ3n) is 8.17. The van der Waals surface area contributed by atoms with Crippen LogP contribution in [0, 0.1) is 5.92 Å². The lowest BCUT2D eigenvalue weighted by Crippen LogP contribution is -2.44. The first kappa shape index (κ1) is 32.2. The number of ether oxygens (including phenoxy) is 1. The zero-order chi connectivity index (χ0) is 31.8. The number of carbonyl (C=O) groups excluding carboxylic acids is 2. The minimum Gasteiger partial charge on any atom is -0.497 e. The van der Waals surface area contributed by atoms with E-state index in [4.69, 9.17) is 4.74 Å². The summed E-state index contributed by atoms with van der Waals surface area (Å²) in [6.45, 7) is 5.77. The van der Waals surface area contributed by atoms with Crippen LogP contribution in [0.15, 0.2) is 64.8 Å². The Kier molecular flexibility index (Phi) is 10.7. The van der Waals surface area contributed by atoms with Gasteiger partial charge in [0.1, 0.15) is 11.7 Å². The number of benzene rings is 2. The highest BCUT2D eigenvalue weighted by Crippen LogP contribution is 2.39. The first-order valence-electron chi connectivity index (χ1n) is 14.6. The van der Waals surface area contributed by atoms with E-state index in [1.54, 1.807) is 32.2 Å². The SMILES string of the molecule is COc1cccc(C2CCN(CCCC(=O)NNC(=O)Nc3cccc(C4C(C(=O)O)=C(C)N=C(C)C4C(=O)O)c3)CC2)c1. The quantitative estimate of drug-likeness (QED) is 0.252. The summed E-state index contributed by atoms with van der Waals surface area (Å²) in [7, 11) is 1.67. The predicted molar refractivity (Wildman–Crippen MR) is 165 cm³/mol. The number of piperidine rings is 1. The van der Waals surface area contributed by atoms with Crippen molar-refractivity contribution in [1.29, 1.82) is 0 Å². The molecule has 2 heterocycles. The van der Waals surface area contributed by atoms with Gasteiger partial charge in [-0.2, -0.15) is 0 Å². The molecule has 12 heteroatoms. The number of likely N-dealkylation sites (tertiary alicyclic amines) is 1. The number of hydrogen-bond acceptors (Lipinski definition) is 7. The predicted octanol–water partition coefficient (Wildman–Crippen LogP) is 4.13. The molecular weight excluding hydrogens is 566 g/mol. The number of carbonyl (C=O) groups is 4. The number of amides is 3. The van der Waals surface area contributed by atoms with Crippen molar-refractivity contribution < 1.29 is 34.1 Å². The summed E-state index contributed by atoms with van der Waals surface area (Å²) >= 11 is 0. The van der Waals surface area contributed by atoms with Gasteiger partial charge in [-0.05, 0) is 94.1 Å². The van der Waals surface area contributed by atoms with E-state index in [-0.39, 0.29) is 23.6 Å². The van der Waals surface area contributed by atoms with Crippen molar-refractivity contribution in [3.63, 3.8) is 0 Å². The van der Waals surface area contributed by atoms with Crippen molar-refractivity contribution in [2.75, 3.05) is 32.1 Å². The monoisotopic (exact) mass is 605 g/mol. The Hall–Kier alpha value is -4.71. The van der Waals surface area contributed by atoms with Crippen molar-refractivity contribution >= 4 is 35.3 Å². The van der Waals surface area contributed by atoms with Gasteiger partial charge in [-0.25, -0.2) is 15.0 Å². The fourth-order valence-corrected chi connectivity index (χ4v) is 6.01. The van der Waals surface area contributed by atoms with Crippen molar-refractivity contribution in [3.05, 3.63) is 70.9 Å². The molecule has 0 saturated carbocycles. The molecule has 0 aliphatic carbocycles. The summed E-state index contributed by atoms with van der Waals surface area (Å²) in [4.78, 5) is 55.4. The number of aliphatic imine (C=N–C) groups is 1. The second kappa shape index (κ2) is 14.6. The van der Waals surface area contributed by atoms with Gasteiger partial charge in [0.15, 0.2) is 0 Å². The second-order valence-electron chi connectivity index (χ2n) is 11.1. The number of rotatable bonds is 10. The molecule has 2 atom stereocenters. The van der Waals surface area contributed by atoms with E-state index < -0.39 is 29.8 Å². The van der Waals surface area contributed by atoms with Gasteiger partial charge < -0.3 is 25.2 Å². The van der Waals surface area contributed by atoms with Crippen LogP contribution >= 0.6 is 0 Å². The minimum atomic E-state index is -1.26. The number of carboxylic acid groups (broad SMARTS) is 2. The number of nitrogens with zero attached hydrogens (tertiary/aromatic N) is 2. The van der Waals surface area contributed by atoms with Crippen molar-refractivity contribution in [2.24, 2.45) is 10.9 Å². The van der Waals surface area contributed by atoms with Gasteiger partial charge in [0.25, 0.3) is 0 Å². The van der Waals surface area contributed by atoms with E-state index >= 15 is 0 Å². The molecule has 2 aromatic rings. The van der Waals surface area contributed by atoms with Crippen LogP contribution in [0.4, 0.5) is 10.5 Å². The number of urea groups is 1. The summed E-state index contributed by atoms with van der Waals surface area (Å²) in [6.07, 6.45) is 2.98. The van der Waals surface area contributed by atoms with Crippen LogP contribution in [0.25, 0.3) is 0 Å². The average Bonchev–Trinajstić information content (AvgIpc) is 2.99. The van der Waals surface area contributed by atoms with Gasteiger partial charge in [-0.15, -0.1) is 0 Å². The summed E-state index contributed by atoms with van der Waals surface area (Å²) in [6, 6.07) is 13.8. The van der Waals surface area contributed by atoms with E-state index in [0.717, 1.165) is 38.2 Å². The topological polar surface area (TPSA) is 170 Å². The number of anilines is 1. The molecular formula is C32H39N5O7. The average molecular weight is 606 g/mol. The molecule has 0 aromatic heterocycles. The lowest BCUT2D eigenvalue weighted by molar-refractivity contribution is -0.140. The molecule has 5 N–H and O–H groups in total. The van der Waals surface area contributed by atoms with Crippen molar-refractivity contribution in [1.82, 2.24) is 15.8 Å². The van der Waals surface area contributed by atoms with Crippen molar-refractivity contribution in [2.45, 2.75) is 51.4 Å². The zero-order valence-corrected chi connectivity index (χ0v) is 25.1. The summed E-state index contributed by atoms with van der Waals surface area (Å²) in [5.41, 5.74) is 7.14. The Morgan fingerprint density at radius 1 is 0.977 bits per heavy atom. The fraction of sp³-hybridized carbons (Fsp3) is 0.406. The standard InChI is InChI=1S/C32H39N5O7/c1-19-27(30(39)40)29(28(31(41)42)20(2)33-19)23-8-4-9-24(17-23)34-32(43)36-35-26(38)11-6-14-37-15-12-21(13-16-37)22-7-5-10-25(18-22)44-3/h4-5,7-10,17-18,21,27,29H,6,11-16H2,1-3H3,(H,35,38)(H,39,40)(H,41,42)(H2,34,36,43). The molecule has 12 nitrogen and oxygen atoms in total. The van der Waals surface area contributed by atoms with Crippen LogP contribution in [-0.4, -0.2) is 71.4 Å². The highest BCUT2D eigenvalue weighted by Gasteiger charge is 2.41. The summed E-state index contributed by atoms with van der Waals surface area (Å²) in [5, 5.41) is 22.3. The first-order chi connectivity index (χ1) is 21.1. The number of nitrogens with one attached hydrogen (secondary N) is 3. The van der Waals surface area contributed by atoms with Gasteiger partial charge in [0, 0.05) is 29.4 Å². The molecule has 4 rings (SSSR count). The maximum atomic E-state index is 12.5. The van der Waals surface area contributed by atoms with Crippen LogP contribution in [0.1, 0.15) is 62.5 Å². The number of hydrogen-bond donors (Lipinski definition) is 5. The van der Waals surface area contributed by atoms with Gasteiger partial charge in [0.2, 0.25) is 5.91 Å². The molecule has 0 bridgehead atoms. The molecule has 0 spiro atoms. The van der Waals surface area contributed by atoms with Crippen LogP contribution in [0.2, 0.25) is 0 Å². The van der Waals surface area contributed by atoms with E-state index in [0.29, 0.717) is 29.3 Å². The molecule has 3 amide bonds. The van der Waals surface area contributed by atoms with E-state index in [1.165, 1.54) is 18.6 Å². The number of carboxylic acids is 2. The number of allylic oxidation sites excluding steroid dienone is 1. The van der Waals surface area contributed by atoms with Crippen LogP contribution in [-0.2, 0) is 14.4 Å². The smallest absolute Gasteiger partial charge is 0.337 e. The molecule has 2 aliphatic heterocycles. The highest BCUT2D eigenvalue weighted by molar-refractivity contribution is 6.06. The minimum absolute atomic E-state index is 0.113. The Morgan fingerprint density at radius 2 is 1.68 bits per heavy atom. The van der Waals surface area contributed by atoms with Gasteiger partial charge in [0.05, 0.1) is 12.7 Å². The molecule has 2 aliphatic rings. The van der Waals surface area contributed by atoms with Crippen molar-refractivity contribution in [3.8, 4) is 5.75 Å². The van der Waals surface area contributed by atoms with E-state index in [9.17, 15) is 29.4 Å². The van der Waals surface area contributed by atoms with Crippen LogP contribution in [0.3, 0.4) is 0 Å². The molecule has 2 unspecified atom stereocenters. The molecule has 44 heavy (non-hydrogen) atoms. The Morgan fingerprint density at radius 3 is 2.36 bits per heavy atom. The largest absolute Gasteiger partial charge is 0.497 e. The Balaban J connectivity index is 1.23. The van der Waals surface area contributed by atoms with Crippen LogP contribution < -0.4 is 20.9 Å². The van der Waals surface area contributed by atoms with Crippen LogP contribution in [0.5, 0.6) is 5.75 Å². The summed E-state index contributed by atoms with van der Waals surface area (Å²) < 4.78 is 5.34. The highest BCUT2D eigenvalue weighted by atomic mass is 16.5. The number of methoxy groups -OCH3 is 1. The lowest BCUT2D eigenvalue weighted by atomic mass is 9.75. The maximum absolute atomic E-state index is 12.5. The Labute approximate surface area is 256 Å². The zero-order valence-electron chi connectivity index (χ0n) is 25.1. The third-order valence-corrected chi connectivity index (χ3v) is 8.17. The Bertz CT molecular complexity index is 1460. The second-order valence-corrected chi connectivity index (χ2v) is 11.1. The summed E-state index contributed by atoms with van der Waals surface area (Å²) in [5.74, 6) is -3.59. The fourth-order valence-electron chi connectivity index (χ4n) is 6.01. The van der Waals surface area contributed by atoms with Gasteiger partial charge in [-0.3, -0.25) is 20.0 Å². The molecule has 234 valence electrons. The number of hydrazine groups is 1. The normalized spacial score (nSPS) is 19.1. The molecule has 0 radical (unpaired) electrons. The first-order valence-corrected chi connectivity index (χ1v) is 14.6. The molecule has 1 saturated heterocycles. The maximum Gasteiger partial charge on any atom is 0.337 e. The lowest BCUT2D eigenvalue weighted by Gasteiger charge is -2.32. The molecule has 2 aromatic carbocycles. The van der Waals surface area contributed by atoms with E-state index in [1.807, 2.05) is 12.1 Å². The number of aliphatic carboxylic acids is 2. The van der Waals surface area contributed by atoms with Gasteiger partial charge in [-0.1, -0.05) is 24.3 Å².